The maximum absolute atomic E-state index is 15.3. The number of amides is 2. The number of alkyl halides is 5. The van der Waals surface area contributed by atoms with E-state index in [0.717, 1.165) is 56.6 Å². The Morgan fingerprint density at radius 3 is 2.18 bits per heavy atom. The molecule has 18 heteroatoms. The number of carbonyl (C=O) groups excluding carboxylic acids is 2. The number of halogens is 7. The third-order valence-electron chi connectivity index (χ3n) is 6.16. The Bertz CT molecular complexity index is 1800. The summed E-state index contributed by atoms with van der Waals surface area (Å²) < 4.78 is 108. The first-order chi connectivity index (χ1) is 21.1. The van der Waals surface area contributed by atoms with Crippen LogP contribution in [0.3, 0.4) is 0 Å². The van der Waals surface area contributed by atoms with Gasteiger partial charge in [0.05, 0.1) is 19.2 Å². The van der Waals surface area contributed by atoms with Crippen molar-refractivity contribution in [2.24, 2.45) is 12.8 Å². The minimum absolute atomic E-state index is 0.250. The lowest BCUT2D eigenvalue weighted by Crippen LogP contribution is -2.27. The van der Waals surface area contributed by atoms with E-state index < -0.39 is 76.7 Å². The van der Waals surface area contributed by atoms with Crippen LogP contribution >= 0.6 is 0 Å². The third-order valence-corrected chi connectivity index (χ3v) is 6.16. The smallest absolute Gasteiger partial charge is 0.420 e. The van der Waals surface area contributed by atoms with Gasteiger partial charge in [-0.05, 0) is 36.4 Å². The molecule has 0 saturated heterocycles. The molecule has 0 aliphatic rings. The van der Waals surface area contributed by atoms with Crippen LogP contribution in [0.4, 0.5) is 42.2 Å². The summed E-state index contributed by atoms with van der Waals surface area (Å²) in [5.41, 5.74) is -0.569. The number of benzene rings is 2. The lowest BCUT2D eigenvalue weighted by atomic mass is 10.1. The zero-order chi connectivity index (χ0) is 33.2. The van der Waals surface area contributed by atoms with Crippen LogP contribution in [0.1, 0.15) is 15.9 Å². The van der Waals surface area contributed by atoms with Crippen molar-refractivity contribution in [1.82, 2.24) is 14.3 Å². The van der Waals surface area contributed by atoms with Gasteiger partial charge in [-0.1, -0.05) is 0 Å². The first kappa shape index (κ1) is 32.4. The number of nitrogens with zero attached hydrogens (tertiary/aromatic N) is 3. The second-order valence-corrected chi connectivity index (χ2v) is 9.07. The number of primary amides is 1. The quantitative estimate of drug-likeness (QED) is 0.219. The Morgan fingerprint density at radius 1 is 1.02 bits per heavy atom. The average Bonchev–Trinajstić information content (AvgIpc) is 3.19. The molecule has 4 aromatic rings. The monoisotopic (exact) mass is 642 g/mol. The van der Waals surface area contributed by atoms with Crippen molar-refractivity contribution in [3.8, 4) is 28.6 Å². The van der Waals surface area contributed by atoms with Crippen molar-refractivity contribution in [1.29, 1.82) is 0 Å². The predicted octanol–water partition coefficient (Wildman–Crippen LogP) is 4.29. The highest BCUT2D eigenvalue weighted by Gasteiger charge is 2.37. The molecule has 2 amide bonds. The molecule has 0 saturated carbocycles. The largest absolute Gasteiger partial charge is 0.497 e. The minimum Gasteiger partial charge on any atom is -0.497 e. The van der Waals surface area contributed by atoms with Crippen molar-refractivity contribution in [3.63, 3.8) is 0 Å². The molecule has 0 aliphatic heterocycles. The molecule has 0 radical (unpaired) electrons. The summed E-state index contributed by atoms with van der Waals surface area (Å²) in [6, 6.07) is 6.93. The van der Waals surface area contributed by atoms with E-state index in [4.69, 9.17) is 10.5 Å². The van der Waals surface area contributed by atoms with E-state index in [9.17, 15) is 36.3 Å². The first-order valence-corrected chi connectivity index (χ1v) is 12.4. The van der Waals surface area contributed by atoms with Gasteiger partial charge >= 0.3 is 12.8 Å². The number of nitrogens with one attached hydrogen (secondary N) is 2. The number of hydrogen-bond acceptors (Lipinski definition) is 7. The van der Waals surface area contributed by atoms with Crippen molar-refractivity contribution >= 4 is 23.3 Å². The van der Waals surface area contributed by atoms with Gasteiger partial charge in [-0.25, -0.2) is 13.8 Å². The maximum Gasteiger partial charge on any atom is 0.420 e. The number of methoxy groups -OCH3 is 1. The van der Waals surface area contributed by atoms with E-state index in [0.29, 0.717) is 15.4 Å². The maximum atomic E-state index is 15.3. The summed E-state index contributed by atoms with van der Waals surface area (Å²) in [5, 5.41) is 4.54. The number of ether oxygens (including phenoxy) is 2. The van der Waals surface area contributed by atoms with Crippen LogP contribution in [-0.2, 0) is 18.0 Å². The van der Waals surface area contributed by atoms with Gasteiger partial charge in [0.25, 0.3) is 11.5 Å². The summed E-state index contributed by atoms with van der Waals surface area (Å²) in [7, 11) is 2.10. The van der Waals surface area contributed by atoms with E-state index in [1.807, 2.05) is 0 Å². The van der Waals surface area contributed by atoms with Crippen LogP contribution in [0.2, 0.25) is 0 Å². The molecular weight excluding hydrogens is 621 g/mol. The number of hydrogen-bond donors (Lipinski definition) is 3. The van der Waals surface area contributed by atoms with Crippen LogP contribution in [0.5, 0.6) is 11.5 Å². The van der Waals surface area contributed by atoms with Gasteiger partial charge in [-0.2, -0.15) is 26.6 Å². The molecule has 0 unspecified atom stereocenters. The number of anilines is 2. The van der Waals surface area contributed by atoms with Crippen molar-refractivity contribution < 1.29 is 49.8 Å². The zero-order valence-corrected chi connectivity index (χ0v) is 23.0. The fraction of sp³-hybridized carbons (Fsp3) is 0.185. The molecule has 0 atom stereocenters. The highest BCUT2D eigenvalue weighted by atomic mass is 19.4. The molecule has 0 aliphatic carbocycles. The molecule has 45 heavy (non-hydrogen) atoms. The van der Waals surface area contributed by atoms with Crippen LogP contribution in [-0.4, -0.2) is 46.4 Å². The summed E-state index contributed by atoms with van der Waals surface area (Å²) in [5.74, 6) is -6.63. The van der Waals surface area contributed by atoms with E-state index in [2.05, 4.69) is 20.4 Å². The van der Waals surface area contributed by atoms with Gasteiger partial charge < -0.3 is 25.8 Å². The zero-order valence-electron chi connectivity index (χ0n) is 23.0. The Balaban J connectivity index is 1.97. The van der Waals surface area contributed by atoms with Gasteiger partial charge in [0, 0.05) is 24.7 Å². The molecular formula is C27H21F7N6O5. The molecule has 0 bridgehead atoms. The van der Waals surface area contributed by atoms with E-state index in [1.54, 1.807) is 0 Å². The number of carbonyl (C=O) groups is 2. The van der Waals surface area contributed by atoms with Gasteiger partial charge in [0.15, 0.2) is 5.82 Å². The minimum atomic E-state index is -5.11. The number of pyridine rings is 1. The molecule has 4 N–H and O–H groups in total. The Labute approximate surface area is 248 Å². The summed E-state index contributed by atoms with van der Waals surface area (Å²) in [4.78, 5) is 41.9. The highest BCUT2D eigenvalue weighted by Crippen LogP contribution is 2.37. The van der Waals surface area contributed by atoms with Gasteiger partial charge in [0.2, 0.25) is 5.91 Å². The molecule has 4 rings (SSSR count). The van der Waals surface area contributed by atoms with Gasteiger partial charge in [-0.3, -0.25) is 19.1 Å². The summed E-state index contributed by atoms with van der Waals surface area (Å²) >= 11 is 0. The summed E-state index contributed by atoms with van der Waals surface area (Å²) in [6.07, 6.45) is -5.11. The molecule has 2 aromatic carbocycles. The fourth-order valence-corrected chi connectivity index (χ4v) is 4.22. The highest BCUT2D eigenvalue weighted by molar-refractivity contribution is 6.06. The number of nitrogens with two attached hydrogens (primary N) is 1. The standard InChI is InChI=1S/C27H21F7N6O5/c1-39-22(20-16(28)9-14(44-2)10-17(20)29)21(38-24(42)12-3-5-13(6-4-12)45-26(30)31)25(43)40(39)23-15(27(32,33)34)7-8-19(37-23)36-11-18(35)41/h3-10,26H,11H2,1-2H3,(H2,35,41)(H,36,37)(H,38,42). The van der Waals surface area contributed by atoms with Crippen LogP contribution in [0, 0.1) is 11.6 Å². The molecule has 2 aromatic heterocycles. The Kier molecular flexibility index (Phi) is 9.05. The van der Waals surface area contributed by atoms with Crippen LogP contribution in [0.25, 0.3) is 17.1 Å². The Hall–Kier alpha value is -5.55. The van der Waals surface area contributed by atoms with E-state index in [1.165, 1.54) is 0 Å². The lowest BCUT2D eigenvalue weighted by molar-refractivity contribution is -0.137. The average molecular weight is 642 g/mol. The van der Waals surface area contributed by atoms with E-state index >= 15 is 8.78 Å². The topological polar surface area (TPSA) is 142 Å². The second kappa shape index (κ2) is 12.6. The van der Waals surface area contributed by atoms with Gasteiger partial charge in [-0.15, -0.1) is 0 Å². The van der Waals surface area contributed by atoms with Crippen molar-refractivity contribution in [3.05, 3.63) is 81.6 Å². The molecule has 2 heterocycles. The van der Waals surface area contributed by atoms with Crippen molar-refractivity contribution in [2.45, 2.75) is 12.8 Å². The van der Waals surface area contributed by atoms with Gasteiger partial charge in [0.1, 0.15) is 45.9 Å². The molecule has 11 nitrogen and oxygen atoms in total. The normalized spacial score (nSPS) is 11.4. The molecule has 238 valence electrons. The second-order valence-electron chi connectivity index (χ2n) is 9.07. The van der Waals surface area contributed by atoms with Crippen molar-refractivity contribution in [2.75, 3.05) is 24.3 Å². The number of rotatable bonds is 10. The van der Waals surface area contributed by atoms with Crippen LogP contribution < -0.4 is 31.4 Å². The van der Waals surface area contributed by atoms with E-state index in [-0.39, 0.29) is 22.9 Å². The fourth-order valence-electron chi connectivity index (χ4n) is 4.22. The lowest BCUT2D eigenvalue weighted by Gasteiger charge is -2.17. The Morgan fingerprint density at radius 2 is 1.64 bits per heavy atom. The molecule has 0 fully saturated rings. The van der Waals surface area contributed by atoms with Crippen LogP contribution in [0.15, 0.2) is 53.3 Å². The SMILES string of the molecule is COc1cc(F)c(-c2c(NC(=O)c3ccc(OC(F)F)cc3)c(=O)n(-c3nc(NCC(N)=O)ccc3C(F)(F)F)n2C)c(F)c1. The third kappa shape index (κ3) is 6.84. The first-order valence-electron chi connectivity index (χ1n) is 12.4. The molecule has 0 spiro atoms. The number of aromatic nitrogens is 3. The summed E-state index contributed by atoms with van der Waals surface area (Å²) in [6.45, 7) is -3.71. The predicted molar refractivity (Wildman–Crippen MR) is 144 cm³/mol.